The molecule has 0 aromatic carbocycles. The summed E-state index contributed by atoms with van der Waals surface area (Å²) in [5.74, 6) is -2.44. The van der Waals surface area contributed by atoms with Crippen LogP contribution < -0.4 is 9.47 Å². The Morgan fingerprint density at radius 2 is 1.95 bits per heavy atom. The van der Waals surface area contributed by atoms with Gasteiger partial charge in [0.15, 0.2) is 0 Å². The molecule has 7 heteroatoms. The van der Waals surface area contributed by atoms with Gasteiger partial charge in [0.25, 0.3) is 0 Å². The van der Waals surface area contributed by atoms with E-state index < -0.39 is 12.0 Å². The smallest absolute Gasteiger partial charge is 0.248 e. The average Bonchev–Trinajstić information content (AvgIpc) is 2.45. The molecule has 1 atom stereocenters. The van der Waals surface area contributed by atoms with Crippen molar-refractivity contribution >= 4 is 0 Å². The zero-order chi connectivity index (χ0) is 14.8. The highest BCUT2D eigenvalue weighted by atomic mass is 19.3. The number of aliphatic hydroxyl groups excluding tert-OH is 1. The summed E-state index contributed by atoms with van der Waals surface area (Å²) in [6.45, 7) is 0. The second-order valence-corrected chi connectivity index (χ2v) is 4.95. The van der Waals surface area contributed by atoms with Crippen molar-refractivity contribution in [3.8, 4) is 11.8 Å². The molecule has 0 radical (unpaired) electrons. The second-order valence-electron chi connectivity index (χ2n) is 4.95. The highest BCUT2D eigenvalue weighted by Crippen LogP contribution is 2.42. The molecule has 0 spiro atoms. The number of ether oxygens (including phenoxy) is 2. The molecule has 0 aliphatic heterocycles. The lowest BCUT2D eigenvalue weighted by Gasteiger charge is -2.31. The van der Waals surface area contributed by atoms with Crippen molar-refractivity contribution in [3.63, 3.8) is 0 Å². The maximum atomic E-state index is 13.1. The molecule has 1 aliphatic carbocycles. The fourth-order valence-electron chi connectivity index (χ4n) is 2.42. The van der Waals surface area contributed by atoms with Crippen molar-refractivity contribution in [2.45, 2.75) is 37.7 Å². The van der Waals surface area contributed by atoms with Gasteiger partial charge in [0, 0.05) is 12.8 Å². The lowest BCUT2D eigenvalue weighted by Crippen LogP contribution is -2.28. The average molecular weight is 288 g/mol. The first-order chi connectivity index (χ1) is 9.46. The van der Waals surface area contributed by atoms with Crippen molar-refractivity contribution in [1.82, 2.24) is 9.97 Å². The number of aliphatic hydroxyl groups is 1. The highest BCUT2D eigenvalue weighted by molar-refractivity contribution is 5.25. The van der Waals surface area contributed by atoms with Crippen LogP contribution in [0.2, 0.25) is 0 Å². The third kappa shape index (κ3) is 3.15. The molecule has 1 aliphatic rings. The normalized spacial score (nSPS) is 20.4. The van der Waals surface area contributed by atoms with Crippen LogP contribution in [0.25, 0.3) is 0 Å². The predicted molar refractivity (Wildman–Crippen MR) is 67.0 cm³/mol. The number of aromatic nitrogens is 2. The molecule has 1 aromatic heterocycles. The minimum atomic E-state index is -2.62. The summed E-state index contributed by atoms with van der Waals surface area (Å²) in [7, 11) is 2.86. The van der Waals surface area contributed by atoms with Gasteiger partial charge in [-0.1, -0.05) is 0 Å². The van der Waals surface area contributed by atoms with Crippen molar-refractivity contribution in [2.24, 2.45) is 5.92 Å². The van der Waals surface area contributed by atoms with Crippen LogP contribution in [0.1, 0.15) is 37.5 Å². The van der Waals surface area contributed by atoms with Crippen molar-refractivity contribution < 1.29 is 23.4 Å². The number of alkyl halides is 2. The summed E-state index contributed by atoms with van der Waals surface area (Å²) in [4.78, 5) is 8.12. The van der Waals surface area contributed by atoms with E-state index in [-0.39, 0.29) is 49.1 Å². The van der Waals surface area contributed by atoms with Crippen LogP contribution >= 0.6 is 0 Å². The minimum Gasteiger partial charge on any atom is -0.480 e. The van der Waals surface area contributed by atoms with Gasteiger partial charge in [-0.15, -0.1) is 0 Å². The zero-order valence-corrected chi connectivity index (χ0v) is 11.5. The number of nitrogens with zero attached hydrogens (tertiary/aromatic N) is 2. The third-order valence-electron chi connectivity index (χ3n) is 3.64. The van der Waals surface area contributed by atoms with Crippen LogP contribution in [0.3, 0.4) is 0 Å². The Hall–Kier alpha value is -1.50. The van der Waals surface area contributed by atoms with Gasteiger partial charge in [-0.25, -0.2) is 13.8 Å². The summed E-state index contributed by atoms with van der Waals surface area (Å²) in [5.41, 5.74) is 0.267. The van der Waals surface area contributed by atoms with E-state index in [1.54, 1.807) is 0 Å². The van der Waals surface area contributed by atoms with Gasteiger partial charge in [0.05, 0.1) is 20.4 Å². The number of halogens is 2. The maximum Gasteiger partial charge on any atom is 0.248 e. The lowest BCUT2D eigenvalue weighted by atomic mass is 9.82. The van der Waals surface area contributed by atoms with Gasteiger partial charge in [0.2, 0.25) is 17.7 Å². The summed E-state index contributed by atoms with van der Waals surface area (Å²) < 4.78 is 36.3. The minimum absolute atomic E-state index is 0.161. The fourth-order valence-corrected chi connectivity index (χ4v) is 2.42. The molecule has 0 bridgehead atoms. The SMILES string of the molecule is COc1cnc(C(O)C2CCC(F)(F)CC2)c(OC)n1. The van der Waals surface area contributed by atoms with Crippen LogP contribution in [0.4, 0.5) is 8.78 Å². The van der Waals surface area contributed by atoms with Crippen LogP contribution in [0, 0.1) is 5.92 Å². The zero-order valence-electron chi connectivity index (χ0n) is 11.5. The van der Waals surface area contributed by atoms with Gasteiger partial charge in [-0.05, 0) is 18.8 Å². The molecule has 112 valence electrons. The summed E-state index contributed by atoms with van der Waals surface area (Å²) in [6, 6.07) is 0. The van der Waals surface area contributed by atoms with E-state index >= 15 is 0 Å². The van der Waals surface area contributed by atoms with Gasteiger partial charge in [-0.2, -0.15) is 4.98 Å². The van der Waals surface area contributed by atoms with E-state index in [1.165, 1.54) is 20.4 Å². The van der Waals surface area contributed by atoms with Crippen molar-refractivity contribution in [1.29, 1.82) is 0 Å². The molecular weight excluding hydrogens is 270 g/mol. The third-order valence-corrected chi connectivity index (χ3v) is 3.64. The topological polar surface area (TPSA) is 64.5 Å². The maximum absolute atomic E-state index is 13.1. The van der Waals surface area contributed by atoms with Crippen molar-refractivity contribution in [2.75, 3.05) is 14.2 Å². The molecule has 0 amide bonds. The Labute approximate surface area is 116 Å². The Bertz CT molecular complexity index is 461. The lowest BCUT2D eigenvalue weighted by molar-refractivity contribution is -0.0634. The summed E-state index contributed by atoms with van der Waals surface area (Å²) >= 11 is 0. The summed E-state index contributed by atoms with van der Waals surface area (Å²) in [6.07, 6.45) is 0.509. The van der Waals surface area contributed by atoms with E-state index in [0.717, 1.165) is 0 Å². The Morgan fingerprint density at radius 3 is 2.50 bits per heavy atom. The van der Waals surface area contributed by atoms with Gasteiger partial charge < -0.3 is 14.6 Å². The number of hydrogen-bond acceptors (Lipinski definition) is 5. The van der Waals surface area contributed by atoms with Crippen LogP contribution in [-0.2, 0) is 0 Å². The molecule has 1 aromatic rings. The first-order valence-electron chi connectivity index (χ1n) is 6.47. The van der Waals surface area contributed by atoms with Crippen molar-refractivity contribution in [3.05, 3.63) is 11.9 Å². The monoisotopic (exact) mass is 288 g/mol. The molecule has 1 unspecified atom stereocenters. The second kappa shape index (κ2) is 5.87. The van der Waals surface area contributed by atoms with E-state index in [2.05, 4.69) is 9.97 Å². The molecule has 5 nitrogen and oxygen atoms in total. The number of hydrogen-bond donors (Lipinski definition) is 1. The molecule has 0 saturated heterocycles. The molecule has 20 heavy (non-hydrogen) atoms. The largest absolute Gasteiger partial charge is 0.480 e. The van der Waals surface area contributed by atoms with E-state index in [4.69, 9.17) is 9.47 Å². The van der Waals surface area contributed by atoms with Crippen LogP contribution in [0.15, 0.2) is 6.20 Å². The van der Waals surface area contributed by atoms with Crippen LogP contribution in [0.5, 0.6) is 11.8 Å². The molecule has 1 saturated carbocycles. The Balaban J connectivity index is 2.15. The Morgan fingerprint density at radius 1 is 1.30 bits per heavy atom. The van der Waals surface area contributed by atoms with E-state index in [1.807, 2.05) is 0 Å². The van der Waals surface area contributed by atoms with Crippen LogP contribution in [-0.4, -0.2) is 35.2 Å². The predicted octanol–water partition coefficient (Wildman–Crippen LogP) is 2.35. The molecule has 1 fully saturated rings. The van der Waals surface area contributed by atoms with E-state index in [0.29, 0.717) is 0 Å². The molecule has 1 N–H and O–H groups in total. The first-order valence-corrected chi connectivity index (χ1v) is 6.47. The Kier molecular flexibility index (Phi) is 4.37. The number of rotatable bonds is 4. The molecule has 1 heterocycles. The van der Waals surface area contributed by atoms with E-state index in [9.17, 15) is 13.9 Å². The summed E-state index contributed by atoms with van der Waals surface area (Å²) in [5, 5.41) is 10.3. The first kappa shape index (κ1) is 14.9. The van der Waals surface area contributed by atoms with Gasteiger partial charge >= 0.3 is 0 Å². The standard InChI is InChI=1S/C13H18F2N2O3/c1-19-9-7-16-10(12(17-9)20-2)11(18)8-3-5-13(14,15)6-4-8/h7-8,11,18H,3-6H2,1-2H3. The highest BCUT2D eigenvalue weighted by Gasteiger charge is 2.38. The van der Waals surface area contributed by atoms with Gasteiger partial charge in [-0.3, -0.25) is 0 Å². The molecular formula is C13H18F2N2O3. The van der Waals surface area contributed by atoms with Gasteiger partial charge in [0.1, 0.15) is 11.8 Å². The number of methoxy groups -OCH3 is 2. The molecule has 2 rings (SSSR count). The fraction of sp³-hybridized carbons (Fsp3) is 0.692. The quantitative estimate of drug-likeness (QED) is 0.921.